The Hall–Kier alpha value is -2.27. The van der Waals surface area contributed by atoms with E-state index < -0.39 is 5.82 Å². The summed E-state index contributed by atoms with van der Waals surface area (Å²) in [5.41, 5.74) is 4.25. The Morgan fingerprint density at radius 1 is 1.17 bits per heavy atom. The summed E-state index contributed by atoms with van der Waals surface area (Å²) in [4.78, 5) is 21.7. The molecule has 4 nitrogen and oxygen atoms in total. The van der Waals surface area contributed by atoms with Crippen molar-refractivity contribution >= 4 is 5.91 Å². The maximum absolute atomic E-state index is 13.7. The third-order valence-corrected chi connectivity index (χ3v) is 7.32. The maximum Gasteiger partial charge on any atom is 0.255 e. The predicted molar refractivity (Wildman–Crippen MR) is 116 cm³/mol. The zero-order chi connectivity index (χ0) is 20.5. The van der Waals surface area contributed by atoms with Gasteiger partial charge in [0.25, 0.3) is 5.91 Å². The molecule has 0 radical (unpaired) electrons. The van der Waals surface area contributed by atoms with Crippen LogP contribution in [0.2, 0.25) is 0 Å². The van der Waals surface area contributed by atoms with E-state index in [1.165, 1.54) is 37.1 Å². The van der Waals surface area contributed by atoms with Crippen LogP contribution >= 0.6 is 0 Å². The highest BCUT2D eigenvalue weighted by Gasteiger charge is 2.34. The summed E-state index contributed by atoms with van der Waals surface area (Å²) >= 11 is 0. The van der Waals surface area contributed by atoms with Crippen LogP contribution in [-0.2, 0) is 6.42 Å². The van der Waals surface area contributed by atoms with E-state index in [9.17, 15) is 9.18 Å². The summed E-state index contributed by atoms with van der Waals surface area (Å²) in [5, 5.41) is 0. The lowest BCUT2D eigenvalue weighted by Crippen LogP contribution is -2.47. The number of hydrogen-bond donors (Lipinski definition) is 0. The van der Waals surface area contributed by atoms with Crippen molar-refractivity contribution in [3.8, 4) is 0 Å². The fourth-order valence-electron chi connectivity index (χ4n) is 5.33. The number of aromatic nitrogens is 1. The van der Waals surface area contributed by atoms with Gasteiger partial charge in [-0.05, 0) is 36.3 Å². The highest BCUT2D eigenvalue weighted by molar-refractivity contribution is 5.96. The molecule has 1 unspecified atom stereocenters. The quantitative estimate of drug-likeness (QED) is 0.736. The second-order valence-electron chi connectivity index (χ2n) is 9.21. The minimum Gasteiger partial charge on any atom is -0.338 e. The summed E-state index contributed by atoms with van der Waals surface area (Å²) in [6.45, 7) is 4.63. The van der Waals surface area contributed by atoms with E-state index in [2.05, 4.69) is 34.2 Å². The lowest BCUT2D eigenvalue weighted by atomic mass is 9.75. The van der Waals surface area contributed by atoms with Gasteiger partial charge in [-0.1, -0.05) is 49.1 Å². The molecule has 1 amide bonds. The van der Waals surface area contributed by atoms with Crippen molar-refractivity contribution in [3.63, 3.8) is 0 Å². The summed E-state index contributed by atoms with van der Waals surface area (Å²) in [6.07, 6.45) is 16.8. The first-order chi connectivity index (χ1) is 14.7. The molecule has 1 aromatic heterocycles. The van der Waals surface area contributed by atoms with E-state index in [1.54, 1.807) is 5.57 Å². The lowest BCUT2D eigenvalue weighted by molar-refractivity contribution is 0.0596. The lowest BCUT2D eigenvalue weighted by Gasteiger charge is -2.41. The van der Waals surface area contributed by atoms with Crippen LogP contribution in [0.3, 0.4) is 0 Å². The normalized spacial score (nSPS) is 23.1. The largest absolute Gasteiger partial charge is 0.338 e. The molecule has 4 aliphatic rings. The van der Waals surface area contributed by atoms with E-state index in [-0.39, 0.29) is 5.91 Å². The smallest absolute Gasteiger partial charge is 0.255 e. The van der Waals surface area contributed by atoms with Crippen molar-refractivity contribution in [2.75, 3.05) is 32.7 Å². The maximum atomic E-state index is 13.7. The van der Waals surface area contributed by atoms with Gasteiger partial charge in [-0.2, -0.15) is 0 Å². The fourth-order valence-corrected chi connectivity index (χ4v) is 5.33. The van der Waals surface area contributed by atoms with Gasteiger partial charge >= 0.3 is 0 Å². The minimum atomic E-state index is -0.428. The number of carbonyl (C=O) groups excluding carboxylic acids is 1. The molecule has 1 aromatic rings. The molecule has 5 heteroatoms. The van der Waals surface area contributed by atoms with Crippen LogP contribution in [0.25, 0.3) is 0 Å². The third-order valence-electron chi connectivity index (χ3n) is 7.32. The number of pyridine rings is 1. The van der Waals surface area contributed by atoms with Gasteiger partial charge in [-0.25, -0.2) is 4.39 Å². The number of hydrogen-bond acceptors (Lipinski definition) is 3. The SMILES string of the molecule is O=C1c2cc(F)cnc2CCN1CC(CN1CCC2=C(C=CC=CC2)C1)C1CCC1. The second kappa shape index (κ2) is 8.46. The number of amides is 1. The Kier molecular flexibility index (Phi) is 5.55. The number of carbonyl (C=O) groups is 1. The first-order valence-corrected chi connectivity index (χ1v) is 11.4. The Labute approximate surface area is 178 Å². The molecule has 2 aliphatic carbocycles. The van der Waals surface area contributed by atoms with Crippen molar-refractivity contribution in [2.24, 2.45) is 11.8 Å². The van der Waals surface area contributed by atoms with Crippen LogP contribution in [0.15, 0.2) is 47.7 Å². The van der Waals surface area contributed by atoms with E-state index in [0.29, 0.717) is 23.9 Å². The van der Waals surface area contributed by atoms with Crippen molar-refractivity contribution < 1.29 is 9.18 Å². The summed E-state index contributed by atoms with van der Waals surface area (Å²) in [7, 11) is 0. The van der Waals surface area contributed by atoms with Gasteiger partial charge < -0.3 is 4.90 Å². The molecule has 0 bridgehead atoms. The molecule has 0 spiro atoms. The number of halogens is 1. The van der Waals surface area contributed by atoms with E-state index in [4.69, 9.17) is 0 Å². The number of allylic oxidation sites excluding steroid dienone is 3. The average molecular weight is 408 g/mol. The highest BCUT2D eigenvalue weighted by Crippen LogP contribution is 2.36. The number of rotatable bonds is 5. The average Bonchev–Trinajstić information content (AvgIpc) is 2.94. The number of nitrogens with zero attached hydrogens (tertiary/aromatic N) is 3. The van der Waals surface area contributed by atoms with Gasteiger partial charge in [0, 0.05) is 39.1 Å². The molecular weight excluding hydrogens is 377 g/mol. The molecule has 0 saturated heterocycles. The Morgan fingerprint density at radius 2 is 2.07 bits per heavy atom. The summed E-state index contributed by atoms with van der Waals surface area (Å²) in [6, 6.07) is 1.36. The summed E-state index contributed by atoms with van der Waals surface area (Å²) in [5.74, 6) is 0.712. The van der Waals surface area contributed by atoms with Crippen molar-refractivity contribution in [3.05, 3.63) is 64.8 Å². The van der Waals surface area contributed by atoms with Gasteiger partial charge in [0.2, 0.25) is 0 Å². The standard InChI is InChI=1S/C25H30FN3O/c26-22-13-23-24(27-14-22)10-12-29(25(23)30)17-21(18-7-4-8-18)16-28-11-9-19-5-2-1-3-6-20(19)15-28/h1-3,6,13-14,18,21H,4-5,7-12,15-17H2. The van der Waals surface area contributed by atoms with Crippen molar-refractivity contribution in [2.45, 2.75) is 38.5 Å². The molecule has 1 atom stereocenters. The zero-order valence-electron chi connectivity index (χ0n) is 17.5. The van der Waals surface area contributed by atoms with E-state index in [0.717, 1.165) is 51.1 Å². The Bertz CT molecular complexity index is 915. The highest BCUT2D eigenvalue weighted by atomic mass is 19.1. The van der Waals surface area contributed by atoms with Crippen molar-refractivity contribution in [1.29, 1.82) is 0 Å². The van der Waals surface area contributed by atoms with Crippen LogP contribution in [0.5, 0.6) is 0 Å². The minimum absolute atomic E-state index is 0.0472. The molecule has 30 heavy (non-hydrogen) atoms. The Balaban J connectivity index is 1.28. The van der Waals surface area contributed by atoms with Crippen LogP contribution in [0.1, 0.15) is 48.2 Å². The van der Waals surface area contributed by atoms with Crippen LogP contribution in [-0.4, -0.2) is 53.4 Å². The van der Waals surface area contributed by atoms with Gasteiger partial charge in [0.15, 0.2) is 0 Å². The third kappa shape index (κ3) is 4.00. The molecule has 2 aliphatic heterocycles. The van der Waals surface area contributed by atoms with Gasteiger partial charge in [-0.3, -0.25) is 14.7 Å². The zero-order valence-corrected chi connectivity index (χ0v) is 17.5. The van der Waals surface area contributed by atoms with Gasteiger partial charge in [-0.15, -0.1) is 0 Å². The molecule has 1 saturated carbocycles. The molecular formula is C25H30FN3O. The first kappa shape index (κ1) is 19.7. The molecule has 3 heterocycles. The van der Waals surface area contributed by atoms with Crippen LogP contribution in [0, 0.1) is 17.7 Å². The molecule has 158 valence electrons. The molecule has 0 N–H and O–H groups in total. The Morgan fingerprint density at radius 3 is 2.90 bits per heavy atom. The van der Waals surface area contributed by atoms with E-state index >= 15 is 0 Å². The molecule has 5 rings (SSSR count). The van der Waals surface area contributed by atoms with Crippen LogP contribution in [0.4, 0.5) is 4.39 Å². The van der Waals surface area contributed by atoms with Crippen molar-refractivity contribution in [1.82, 2.24) is 14.8 Å². The topological polar surface area (TPSA) is 36.4 Å². The number of fused-ring (bicyclic) bond motifs is 1. The second-order valence-corrected chi connectivity index (χ2v) is 9.21. The summed E-state index contributed by atoms with van der Waals surface area (Å²) < 4.78 is 13.7. The molecule has 0 aromatic carbocycles. The predicted octanol–water partition coefficient (Wildman–Crippen LogP) is 4.15. The molecule has 1 fully saturated rings. The van der Waals surface area contributed by atoms with E-state index in [1.807, 2.05) is 4.90 Å². The van der Waals surface area contributed by atoms with Gasteiger partial charge in [0.05, 0.1) is 17.5 Å². The first-order valence-electron chi connectivity index (χ1n) is 11.4. The monoisotopic (exact) mass is 407 g/mol. The fraction of sp³-hybridized carbons (Fsp3) is 0.520. The van der Waals surface area contributed by atoms with Crippen LogP contribution < -0.4 is 0 Å². The van der Waals surface area contributed by atoms with Gasteiger partial charge in [0.1, 0.15) is 5.82 Å².